The third-order valence-electron chi connectivity index (χ3n) is 2.01. The fourth-order valence-electron chi connectivity index (χ4n) is 1.27. The monoisotopic (exact) mass is 316 g/mol. The third-order valence-corrected chi connectivity index (χ3v) is 2.82. The summed E-state index contributed by atoms with van der Waals surface area (Å²) in [6.07, 6.45) is 2.24. The number of nitrogens with zero attached hydrogens (tertiary/aromatic N) is 3. The van der Waals surface area contributed by atoms with Gasteiger partial charge in [0, 0.05) is 19.2 Å². The number of aryl methyl sites for hydroxylation is 1. The van der Waals surface area contributed by atoms with E-state index in [2.05, 4.69) is 36.4 Å². The van der Waals surface area contributed by atoms with E-state index < -0.39 is 0 Å². The smallest absolute Gasteiger partial charge is 0.228 e. The molecule has 0 amide bonds. The average Bonchev–Trinajstić information content (AvgIpc) is 2.68. The lowest BCUT2D eigenvalue weighted by Gasteiger charge is -2.05. The normalized spacial score (nSPS) is 10.5. The quantitative estimate of drug-likeness (QED) is 0.939. The van der Waals surface area contributed by atoms with E-state index in [1.54, 1.807) is 19.2 Å². The molecule has 0 spiro atoms. The molecule has 2 rings (SSSR count). The minimum Gasteiger partial charge on any atom is -0.369 e. The van der Waals surface area contributed by atoms with Gasteiger partial charge in [-0.05, 0) is 28.9 Å². The highest BCUT2D eigenvalue weighted by Gasteiger charge is 2.04. The van der Waals surface area contributed by atoms with Crippen molar-refractivity contribution in [2.45, 2.75) is 13.3 Å². The topological polar surface area (TPSA) is 63.8 Å². The molecule has 5 nitrogen and oxygen atoms in total. The van der Waals surface area contributed by atoms with E-state index >= 15 is 0 Å². The number of nitrogens with one attached hydrogen (secondary N) is 1. The molecule has 0 unspecified atom stereocenters. The Bertz CT molecular complexity index is 517. The molecule has 90 valence electrons. The summed E-state index contributed by atoms with van der Waals surface area (Å²) in [5, 5.41) is 7.46. The van der Waals surface area contributed by atoms with Gasteiger partial charge in [0.05, 0.1) is 9.50 Å². The van der Waals surface area contributed by atoms with Crippen LogP contribution in [0.25, 0.3) is 0 Å². The van der Waals surface area contributed by atoms with Crippen molar-refractivity contribution in [3.63, 3.8) is 0 Å². The molecule has 0 aromatic carbocycles. The van der Waals surface area contributed by atoms with Crippen molar-refractivity contribution in [3.05, 3.63) is 33.5 Å². The Hall–Kier alpha value is -1.14. The molecule has 2 heterocycles. The first kappa shape index (κ1) is 12.3. The zero-order chi connectivity index (χ0) is 12.3. The van der Waals surface area contributed by atoms with E-state index in [9.17, 15) is 0 Å². The molecule has 2 aromatic heterocycles. The first-order chi connectivity index (χ1) is 8.15. The minimum absolute atomic E-state index is 0.593. The van der Waals surface area contributed by atoms with E-state index in [1.807, 2.05) is 0 Å². The Labute approximate surface area is 112 Å². The highest BCUT2D eigenvalue weighted by atomic mass is 79.9. The Morgan fingerprint density at radius 2 is 2.35 bits per heavy atom. The van der Waals surface area contributed by atoms with Crippen LogP contribution in [0.1, 0.15) is 11.7 Å². The standard InChI is InChI=1S/C10H10BrClN4O/c1-6-15-9(17-16-6)2-3-13-10-8(11)4-7(12)5-14-10/h4-5H,2-3H2,1H3,(H,13,14). The molecule has 0 atom stereocenters. The number of rotatable bonds is 4. The van der Waals surface area contributed by atoms with E-state index in [0.29, 0.717) is 29.7 Å². The molecule has 2 aromatic rings. The van der Waals surface area contributed by atoms with Crippen LogP contribution in [0, 0.1) is 6.92 Å². The number of anilines is 1. The third kappa shape index (κ3) is 3.41. The second-order valence-electron chi connectivity index (χ2n) is 3.40. The highest BCUT2D eigenvalue weighted by molar-refractivity contribution is 9.10. The van der Waals surface area contributed by atoms with Crippen molar-refractivity contribution in [2.75, 3.05) is 11.9 Å². The van der Waals surface area contributed by atoms with E-state index in [-0.39, 0.29) is 0 Å². The lowest BCUT2D eigenvalue weighted by atomic mass is 10.4. The van der Waals surface area contributed by atoms with Crippen molar-refractivity contribution < 1.29 is 4.52 Å². The van der Waals surface area contributed by atoms with Crippen molar-refractivity contribution in [1.82, 2.24) is 15.1 Å². The first-order valence-electron chi connectivity index (χ1n) is 4.99. The fraction of sp³-hybridized carbons (Fsp3) is 0.300. The second-order valence-corrected chi connectivity index (χ2v) is 4.69. The SMILES string of the molecule is Cc1noc(CCNc2ncc(Cl)cc2Br)n1. The largest absolute Gasteiger partial charge is 0.369 e. The molecule has 0 bridgehead atoms. The molecule has 0 fully saturated rings. The fourth-order valence-corrected chi connectivity index (χ4v) is 2.05. The highest BCUT2D eigenvalue weighted by Crippen LogP contribution is 2.22. The Balaban J connectivity index is 1.90. The Morgan fingerprint density at radius 1 is 1.53 bits per heavy atom. The number of aromatic nitrogens is 3. The summed E-state index contributed by atoms with van der Waals surface area (Å²) in [4.78, 5) is 8.27. The van der Waals surface area contributed by atoms with Crippen LogP contribution >= 0.6 is 27.5 Å². The second kappa shape index (κ2) is 5.46. The van der Waals surface area contributed by atoms with Crippen LogP contribution in [0.4, 0.5) is 5.82 Å². The molecule has 1 N–H and O–H groups in total. The molecular weight excluding hydrogens is 307 g/mol. The molecule has 0 saturated heterocycles. The molecular formula is C10H10BrClN4O. The van der Waals surface area contributed by atoms with Gasteiger partial charge in [-0.1, -0.05) is 16.8 Å². The number of hydrogen-bond acceptors (Lipinski definition) is 5. The van der Waals surface area contributed by atoms with E-state index in [0.717, 1.165) is 10.3 Å². The number of hydrogen-bond donors (Lipinski definition) is 1. The first-order valence-corrected chi connectivity index (χ1v) is 6.16. The molecule has 0 aliphatic rings. The van der Waals surface area contributed by atoms with Gasteiger partial charge in [0.25, 0.3) is 0 Å². The Morgan fingerprint density at radius 3 is 3.00 bits per heavy atom. The lowest BCUT2D eigenvalue weighted by Crippen LogP contribution is -2.07. The maximum atomic E-state index is 5.80. The molecule has 7 heteroatoms. The molecule has 0 aliphatic heterocycles. The lowest BCUT2D eigenvalue weighted by molar-refractivity contribution is 0.377. The van der Waals surface area contributed by atoms with Gasteiger partial charge in [0.2, 0.25) is 5.89 Å². The van der Waals surface area contributed by atoms with Crippen LogP contribution in [-0.4, -0.2) is 21.7 Å². The van der Waals surface area contributed by atoms with Gasteiger partial charge in [-0.15, -0.1) is 0 Å². The van der Waals surface area contributed by atoms with E-state index in [4.69, 9.17) is 16.1 Å². The maximum Gasteiger partial charge on any atom is 0.228 e. The van der Waals surface area contributed by atoms with Gasteiger partial charge >= 0.3 is 0 Å². The molecule has 0 aliphatic carbocycles. The molecule has 0 radical (unpaired) electrons. The van der Waals surface area contributed by atoms with Crippen LogP contribution in [0.2, 0.25) is 5.02 Å². The zero-order valence-corrected chi connectivity index (χ0v) is 11.4. The van der Waals surface area contributed by atoms with Gasteiger partial charge in [-0.3, -0.25) is 0 Å². The van der Waals surface area contributed by atoms with Crippen LogP contribution in [-0.2, 0) is 6.42 Å². The molecule has 0 saturated carbocycles. The summed E-state index contributed by atoms with van der Waals surface area (Å²) in [6, 6.07) is 1.79. The average molecular weight is 318 g/mol. The summed E-state index contributed by atoms with van der Waals surface area (Å²) < 4.78 is 5.82. The summed E-state index contributed by atoms with van der Waals surface area (Å²) in [5.74, 6) is 2.00. The number of halogens is 2. The number of pyridine rings is 1. The van der Waals surface area contributed by atoms with Crippen LogP contribution in [0.15, 0.2) is 21.3 Å². The van der Waals surface area contributed by atoms with Crippen molar-refractivity contribution in [3.8, 4) is 0 Å². The predicted octanol–water partition coefficient (Wildman–Crippen LogP) is 2.84. The van der Waals surface area contributed by atoms with Crippen molar-refractivity contribution in [2.24, 2.45) is 0 Å². The van der Waals surface area contributed by atoms with Crippen LogP contribution in [0.5, 0.6) is 0 Å². The van der Waals surface area contributed by atoms with Gasteiger partial charge in [-0.2, -0.15) is 4.98 Å². The maximum absolute atomic E-state index is 5.80. The minimum atomic E-state index is 0.593. The van der Waals surface area contributed by atoms with Gasteiger partial charge in [0.1, 0.15) is 5.82 Å². The summed E-state index contributed by atoms with van der Waals surface area (Å²) in [5.41, 5.74) is 0. The van der Waals surface area contributed by atoms with Crippen LogP contribution < -0.4 is 5.32 Å². The van der Waals surface area contributed by atoms with E-state index in [1.165, 1.54) is 0 Å². The van der Waals surface area contributed by atoms with Crippen molar-refractivity contribution >= 4 is 33.3 Å². The summed E-state index contributed by atoms with van der Waals surface area (Å²) >= 11 is 9.17. The molecule has 17 heavy (non-hydrogen) atoms. The summed E-state index contributed by atoms with van der Waals surface area (Å²) in [6.45, 7) is 2.45. The van der Waals surface area contributed by atoms with Crippen LogP contribution in [0.3, 0.4) is 0 Å². The van der Waals surface area contributed by atoms with Crippen molar-refractivity contribution in [1.29, 1.82) is 0 Å². The summed E-state index contributed by atoms with van der Waals surface area (Å²) in [7, 11) is 0. The van der Waals surface area contributed by atoms with Gasteiger partial charge in [-0.25, -0.2) is 4.98 Å². The predicted molar refractivity (Wildman–Crippen MR) is 68.2 cm³/mol. The van der Waals surface area contributed by atoms with Gasteiger partial charge < -0.3 is 9.84 Å². The zero-order valence-electron chi connectivity index (χ0n) is 9.07. The van der Waals surface area contributed by atoms with Gasteiger partial charge in [0.15, 0.2) is 5.82 Å². The Kier molecular flexibility index (Phi) is 3.96.